The topological polar surface area (TPSA) is 38.8 Å². The van der Waals surface area contributed by atoms with Gasteiger partial charge in [0, 0.05) is 16.4 Å². The van der Waals surface area contributed by atoms with Crippen LogP contribution in [0.1, 0.15) is 38.0 Å². The van der Waals surface area contributed by atoms with E-state index in [1.165, 1.54) is 17.4 Å². The average molecular weight is 558 g/mol. The third-order valence-corrected chi connectivity index (χ3v) is 8.09. The maximum Gasteiger partial charge on any atom is 0.416 e. The van der Waals surface area contributed by atoms with Crippen LogP contribution in [0.2, 0.25) is 5.02 Å². The van der Waals surface area contributed by atoms with Gasteiger partial charge < -0.3 is 14.4 Å². The SMILES string of the molecule is COc1cc2c(cc1OC)C(c1ccccc1Cl)N(C(=O)c1ccc(-c3cccc(C(F)(F)F)c3)s1)CC2. The molecule has 9 heteroatoms. The monoisotopic (exact) mass is 557 g/mol. The molecule has 0 aliphatic carbocycles. The summed E-state index contributed by atoms with van der Waals surface area (Å²) in [6.07, 6.45) is -3.85. The Labute approximate surface area is 227 Å². The Kier molecular flexibility index (Phi) is 7.11. The molecule has 0 N–H and O–H groups in total. The first kappa shape index (κ1) is 26.1. The Hall–Kier alpha value is -3.49. The summed E-state index contributed by atoms with van der Waals surface area (Å²) in [5, 5.41) is 0.522. The van der Waals surface area contributed by atoms with Crippen molar-refractivity contribution in [1.82, 2.24) is 4.90 Å². The lowest BCUT2D eigenvalue weighted by atomic mass is 9.87. The fraction of sp³-hybridized carbons (Fsp3) is 0.207. The molecule has 0 fully saturated rings. The Bertz CT molecular complexity index is 1500. The predicted octanol–water partition coefficient (Wildman–Crippen LogP) is 7.89. The molecule has 4 aromatic rings. The van der Waals surface area contributed by atoms with Gasteiger partial charge in [-0.2, -0.15) is 13.2 Å². The predicted molar refractivity (Wildman–Crippen MR) is 142 cm³/mol. The van der Waals surface area contributed by atoms with Gasteiger partial charge in [0.2, 0.25) is 0 Å². The van der Waals surface area contributed by atoms with Gasteiger partial charge in [0.15, 0.2) is 11.5 Å². The first-order valence-electron chi connectivity index (χ1n) is 11.8. The molecule has 4 nitrogen and oxygen atoms in total. The van der Waals surface area contributed by atoms with E-state index in [1.54, 1.807) is 43.4 Å². The van der Waals surface area contributed by atoms with Gasteiger partial charge in [-0.25, -0.2) is 0 Å². The number of methoxy groups -OCH3 is 2. The van der Waals surface area contributed by atoms with Crippen LogP contribution in [0, 0.1) is 0 Å². The number of hydrogen-bond acceptors (Lipinski definition) is 4. The van der Waals surface area contributed by atoms with Gasteiger partial charge in [-0.05, 0) is 71.1 Å². The smallest absolute Gasteiger partial charge is 0.416 e. The molecule has 196 valence electrons. The number of halogens is 4. The molecule has 1 aliphatic rings. The molecule has 1 aromatic heterocycles. The van der Waals surface area contributed by atoms with Crippen LogP contribution in [0.15, 0.2) is 72.8 Å². The minimum atomic E-state index is -4.45. The molecule has 0 saturated heterocycles. The molecular formula is C29H23ClF3NO3S. The normalized spacial score (nSPS) is 15.2. The second-order valence-corrected chi connectivity index (χ2v) is 10.3. The largest absolute Gasteiger partial charge is 0.493 e. The van der Waals surface area contributed by atoms with Gasteiger partial charge in [-0.3, -0.25) is 4.79 Å². The van der Waals surface area contributed by atoms with Crippen LogP contribution in [0.4, 0.5) is 13.2 Å². The van der Waals surface area contributed by atoms with E-state index in [9.17, 15) is 18.0 Å². The Morgan fingerprint density at radius 1 is 0.947 bits per heavy atom. The number of alkyl halides is 3. The highest BCUT2D eigenvalue weighted by Gasteiger charge is 2.35. The van der Waals surface area contributed by atoms with Crippen molar-refractivity contribution in [3.05, 3.63) is 105 Å². The Morgan fingerprint density at radius 3 is 2.39 bits per heavy atom. The molecule has 5 rings (SSSR count). The van der Waals surface area contributed by atoms with Gasteiger partial charge in [0.1, 0.15) is 0 Å². The highest BCUT2D eigenvalue weighted by atomic mass is 35.5. The number of ether oxygens (including phenoxy) is 2. The van der Waals surface area contributed by atoms with Crippen molar-refractivity contribution in [2.45, 2.75) is 18.6 Å². The zero-order valence-electron chi connectivity index (χ0n) is 20.5. The zero-order valence-corrected chi connectivity index (χ0v) is 22.1. The molecule has 38 heavy (non-hydrogen) atoms. The lowest BCUT2D eigenvalue weighted by Crippen LogP contribution is -2.40. The van der Waals surface area contributed by atoms with Crippen LogP contribution in [-0.4, -0.2) is 31.6 Å². The van der Waals surface area contributed by atoms with Crippen LogP contribution in [-0.2, 0) is 12.6 Å². The van der Waals surface area contributed by atoms with Gasteiger partial charge in [0.05, 0.1) is 30.7 Å². The molecule has 1 amide bonds. The second-order valence-electron chi connectivity index (χ2n) is 8.82. The van der Waals surface area contributed by atoms with Crippen molar-refractivity contribution < 1.29 is 27.4 Å². The zero-order chi connectivity index (χ0) is 27.0. The molecular weight excluding hydrogens is 535 g/mol. The average Bonchev–Trinajstić information content (AvgIpc) is 3.42. The van der Waals surface area contributed by atoms with Crippen molar-refractivity contribution in [2.24, 2.45) is 0 Å². The van der Waals surface area contributed by atoms with Gasteiger partial charge in [-0.1, -0.05) is 41.9 Å². The maximum absolute atomic E-state index is 13.9. The van der Waals surface area contributed by atoms with E-state index >= 15 is 0 Å². The van der Waals surface area contributed by atoms with Crippen LogP contribution in [0.25, 0.3) is 10.4 Å². The molecule has 0 spiro atoms. The number of carbonyl (C=O) groups is 1. The van der Waals surface area contributed by atoms with Gasteiger partial charge in [0.25, 0.3) is 5.91 Å². The summed E-state index contributed by atoms with van der Waals surface area (Å²) in [7, 11) is 3.13. The van der Waals surface area contributed by atoms with Crippen LogP contribution >= 0.6 is 22.9 Å². The van der Waals surface area contributed by atoms with E-state index in [-0.39, 0.29) is 5.91 Å². The molecule has 0 saturated carbocycles. The fourth-order valence-corrected chi connectivity index (χ4v) is 5.99. The second kappa shape index (κ2) is 10.3. The van der Waals surface area contributed by atoms with Crippen molar-refractivity contribution in [2.75, 3.05) is 20.8 Å². The quantitative estimate of drug-likeness (QED) is 0.250. The number of benzene rings is 3. The van der Waals surface area contributed by atoms with Crippen molar-refractivity contribution >= 4 is 28.8 Å². The molecule has 1 aliphatic heterocycles. The summed E-state index contributed by atoms with van der Waals surface area (Å²) in [4.78, 5) is 16.7. The lowest BCUT2D eigenvalue weighted by molar-refractivity contribution is -0.137. The van der Waals surface area contributed by atoms with Crippen molar-refractivity contribution in [1.29, 1.82) is 0 Å². The van der Waals surface area contributed by atoms with E-state index in [1.807, 2.05) is 30.3 Å². The number of amides is 1. The molecule has 2 heterocycles. The number of carbonyl (C=O) groups excluding carboxylic acids is 1. The number of thiophene rings is 1. The molecule has 0 bridgehead atoms. The third kappa shape index (κ3) is 4.86. The van der Waals surface area contributed by atoms with E-state index in [4.69, 9.17) is 21.1 Å². The number of nitrogens with zero attached hydrogens (tertiary/aromatic N) is 1. The summed E-state index contributed by atoms with van der Waals surface area (Å²) >= 11 is 7.79. The summed E-state index contributed by atoms with van der Waals surface area (Å²) in [6, 6.07) is 19.2. The highest BCUT2D eigenvalue weighted by molar-refractivity contribution is 7.17. The van der Waals surface area contributed by atoms with Crippen LogP contribution in [0.5, 0.6) is 11.5 Å². The molecule has 1 unspecified atom stereocenters. The molecule has 3 aromatic carbocycles. The number of fused-ring (bicyclic) bond motifs is 1. The van der Waals surface area contributed by atoms with E-state index in [0.717, 1.165) is 28.8 Å². The number of rotatable bonds is 5. The van der Waals surface area contributed by atoms with Crippen molar-refractivity contribution in [3.8, 4) is 21.9 Å². The standard InChI is InChI=1S/C29H23ClF3NO3S/c1-36-23-15-17-12-13-34(27(21(17)16-24(23)37-2)20-8-3-4-9-22(20)30)28(35)26-11-10-25(38-26)18-6-5-7-19(14-18)29(31,32)33/h3-11,14-16,27H,12-13H2,1-2H3. The maximum atomic E-state index is 13.9. The fourth-order valence-electron chi connectivity index (χ4n) is 4.80. The first-order valence-corrected chi connectivity index (χ1v) is 13.0. The first-order chi connectivity index (χ1) is 18.2. The summed E-state index contributed by atoms with van der Waals surface area (Å²) < 4.78 is 50.7. The molecule has 1 atom stereocenters. The number of hydrogen-bond donors (Lipinski definition) is 0. The minimum absolute atomic E-state index is 0.224. The summed E-state index contributed by atoms with van der Waals surface area (Å²) in [5.74, 6) is 0.923. The van der Waals surface area contributed by atoms with E-state index < -0.39 is 17.8 Å². The van der Waals surface area contributed by atoms with Crippen LogP contribution in [0.3, 0.4) is 0 Å². The third-order valence-electron chi connectivity index (χ3n) is 6.63. The highest BCUT2D eigenvalue weighted by Crippen LogP contribution is 2.44. The molecule has 0 radical (unpaired) electrons. The van der Waals surface area contributed by atoms with E-state index in [0.29, 0.717) is 44.8 Å². The lowest BCUT2D eigenvalue weighted by Gasteiger charge is -2.38. The Balaban J connectivity index is 1.55. The van der Waals surface area contributed by atoms with Crippen LogP contribution < -0.4 is 9.47 Å². The van der Waals surface area contributed by atoms with Crippen molar-refractivity contribution in [3.63, 3.8) is 0 Å². The minimum Gasteiger partial charge on any atom is -0.493 e. The van der Waals surface area contributed by atoms with Gasteiger partial charge >= 0.3 is 6.18 Å². The summed E-state index contributed by atoms with van der Waals surface area (Å²) in [6.45, 7) is 0.425. The van der Waals surface area contributed by atoms with Gasteiger partial charge in [-0.15, -0.1) is 11.3 Å². The van der Waals surface area contributed by atoms with E-state index in [2.05, 4.69) is 0 Å². The Morgan fingerprint density at radius 2 is 1.68 bits per heavy atom. The summed E-state index contributed by atoms with van der Waals surface area (Å²) in [5.41, 5.74) is 2.35.